The molecule has 2 atom stereocenters. The van der Waals surface area contributed by atoms with E-state index in [1.807, 2.05) is 41.1 Å². The van der Waals surface area contributed by atoms with Gasteiger partial charge in [0, 0.05) is 78.5 Å². The molecule has 1 N–H and O–H groups in total. The Kier molecular flexibility index (Phi) is 13.9. The molecule has 2 unspecified atom stereocenters. The maximum absolute atomic E-state index is 13.1. The summed E-state index contributed by atoms with van der Waals surface area (Å²) in [5.41, 5.74) is 8.12. The first-order valence-electron chi connectivity index (χ1n) is 22.5. The van der Waals surface area contributed by atoms with E-state index in [-0.39, 0.29) is 29.6 Å². The number of nitrogens with zero attached hydrogens (tertiary/aromatic N) is 8. The van der Waals surface area contributed by atoms with Gasteiger partial charge in [0.05, 0.1) is 24.5 Å². The lowest BCUT2D eigenvalue weighted by molar-refractivity contribution is -0.133. The van der Waals surface area contributed by atoms with Gasteiger partial charge in [-0.2, -0.15) is 0 Å². The van der Waals surface area contributed by atoms with Crippen LogP contribution in [0.3, 0.4) is 0 Å². The van der Waals surface area contributed by atoms with Gasteiger partial charge in [-0.3, -0.25) is 19.4 Å². The molecule has 4 aliphatic heterocycles. The average Bonchev–Trinajstić information content (AvgIpc) is 3.85. The topological polar surface area (TPSA) is 109 Å². The first-order chi connectivity index (χ1) is 30.6. The van der Waals surface area contributed by atoms with Crippen molar-refractivity contribution in [3.63, 3.8) is 0 Å². The van der Waals surface area contributed by atoms with Crippen LogP contribution in [0.25, 0.3) is 0 Å². The molecule has 0 spiro atoms. The van der Waals surface area contributed by atoms with Gasteiger partial charge in [0.2, 0.25) is 11.8 Å². The fourth-order valence-electron chi connectivity index (χ4n) is 9.33. The number of piperazine rings is 2. The van der Waals surface area contributed by atoms with Crippen molar-refractivity contribution in [2.45, 2.75) is 72.3 Å². The predicted octanol–water partition coefficient (Wildman–Crippen LogP) is 6.53. The minimum Gasteiger partial charge on any atom is -0.506 e. The number of hydrogen-bond donors (Lipinski definition) is 1. The van der Waals surface area contributed by atoms with Crippen LogP contribution < -0.4 is 14.5 Å². The van der Waals surface area contributed by atoms with Crippen molar-refractivity contribution >= 4 is 23.5 Å². The maximum atomic E-state index is 13.1. The van der Waals surface area contributed by atoms with Crippen molar-refractivity contribution in [2.24, 2.45) is 0 Å². The number of aromatic nitrogens is 2. The van der Waals surface area contributed by atoms with Crippen LogP contribution in [0.2, 0.25) is 0 Å². The third-order valence-electron chi connectivity index (χ3n) is 12.9. The van der Waals surface area contributed by atoms with Gasteiger partial charge in [-0.25, -0.2) is 9.97 Å². The number of carbonyl (C=O) groups is 2. The second kappa shape index (κ2) is 20.0. The van der Waals surface area contributed by atoms with E-state index >= 15 is 0 Å². The lowest BCUT2D eigenvalue weighted by atomic mass is 10.1. The Morgan fingerprint density at radius 1 is 0.556 bits per heavy atom. The van der Waals surface area contributed by atoms with Gasteiger partial charge in [0.1, 0.15) is 29.7 Å². The number of likely N-dealkylation sites (tertiary alicyclic amines) is 2. The Morgan fingerprint density at radius 2 is 1.02 bits per heavy atom. The van der Waals surface area contributed by atoms with Gasteiger partial charge in [0.25, 0.3) is 0 Å². The van der Waals surface area contributed by atoms with Crippen molar-refractivity contribution in [1.29, 1.82) is 0 Å². The SMILES string of the molecule is Cc1ccc(CN2CCC(N3CCN(c4ncc(O)cc4C)CC3)C2=O)cc1.Cc1ccc(CN2CCC(N3CCN(c4ncc(OCc5ccccc5)cc4C)CC3)C2=O)cc1. The molecule has 5 aromatic rings. The molecule has 6 heterocycles. The van der Waals surface area contributed by atoms with Gasteiger partial charge >= 0.3 is 0 Å². The molecule has 2 amide bonds. The Labute approximate surface area is 372 Å². The molecular formula is C51H62N8O4. The minimum atomic E-state index is 0.00136. The highest BCUT2D eigenvalue weighted by atomic mass is 16.5. The lowest BCUT2D eigenvalue weighted by Gasteiger charge is -2.38. The normalized spacial score (nSPS) is 19.7. The fraction of sp³-hybridized carbons (Fsp3) is 0.412. The van der Waals surface area contributed by atoms with Crippen LogP contribution in [0.1, 0.15) is 51.8 Å². The van der Waals surface area contributed by atoms with Gasteiger partial charge in [-0.05, 0) is 80.5 Å². The largest absolute Gasteiger partial charge is 0.506 e. The number of pyridine rings is 2. The first kappa shape index (κ1) is 43.7. The summed E-state index contributed by atoms with van der Waals surface area (Å²) in [6.45, 7) is 18.8. The number of benzene rings is 3. The number of aromatic hydroxyl groups is 1. The number of carbonyl (C=O) groups excluding carboxylic acids is 2. The lowest BCUT2D eigenvalue weighted by Crippen LogP contribution is -2.52. The van der Waals surface area contributed by atoms with Crippen LogP contribution in [0, 0.1) is 27.7 Å². The molecule has 0 radical (unpaired) electrons. The second-order valence-electron chi connectivity index (χ2n) is 17.6. The number of amides is 2. The Hall–Kier alpha value is -5.98. The molecule has 12 heteroatoms. The van der Waals surface area contributed by atoms with E-state index in [9.17, 15) is 14.7 Å². The molecule has 0 aliphatic carbocycles. The van der Waals surface area contributed by atoms with E-state index in [1.165, 1.54) is 28.5 Å². The Bertz CT molecular complexity index is 2310. The van der Waals surface area contributed by atoms with Crippen LogP contribution in [0.4, 0.5) is 11.6 Å². The fourth-order valence-corrected chi connectivity index (χ4v) is 9.33. The van der Waals surface area contributed by atoms with E-state index in [0.717, 1.165) is 112 Å². The molecule has 0 bridgehead atoms. The first-order valence-corrected chi connectivity index (χ1v) is 22.5. The minimum absolute atomic E-state index is 0.00136. The molecule has 0 saturated carbocycles. The Balaban J connectivity index is 0.000000177. The third-order valence-corrected chi connectivity index (χ3v) is 12.9. The summed E-state index contributed by atoms with van der Waals surface area (Å²) in [7, 11) is 0. The average molecular weight is 851 g/mol. The van der Waals surface area contributed by atoms with Crippen molar-refractivity contribution in [1.82, 2.24) is 29.6 Å². The molecule has 4 fully saturated rings. The molecular weight excluding hydrogens is 789 g/mol. The van der Waals surface area contributed by atoms with Gasteiger partial charge in [0.15, 0.2) is 0 Å². The number of aryl methyl sites for hydroxylation is 4. The zero-order chi connectivity index (χ0) is 43.9. The van der Waals surface area contributed by atoms with Gasteiger partial charge < -0.3 is 29.4 Å². The van der Waals surface area contributed by atoms with Crippen molar-refractivity contribution in [2.75, 3.05) is 75.2 Å². The highest BCUT2D eigenvalue weighted by Crippen LogP contribution is 2.28. The number of rotatable bonds is 11. The van der Waals surface area contributed by atoms with E-state index in [1.54, 1.807) is 6.07 Å². The zero-order valence-electron chi connectivity index (χ0n) is 37.3. The van der Waals surface area contributed by atoms with Crippen LogP contribution in [0.5, 0.6) is 11.5 Å². The monoisotopic (exact) mass is 850 g/mol. The molecule has 63 heavy (non-hydrogen) atoms. The maximum Gasteiger partial charge on any atom is 0.240 e. The highest BCUT2D eigenvalue weighted by molar-refractivity contribution is 5.84. The van der Waals surface area contributed by atoms with Crippen molar-refractivity contribution in [3.8, 4) is 11.5 Å². The quantitative estimate of drug-likeness (QED) is 0.158. The molecule has 9 rings (SSSR count). The zero-order valence-corrected chi connectivity index (χ0v) is 37.3. The highest BCUT2D eigenvalue weighted by Gasteiger charge is 2.38. The van der Waals surface area contributed by atoms with Crippen molar-refractivity contribution < 1.29 is 19.4 Å². The molecule has 3 aromatic carbocycles. The summed E-state index contributed by atoms with van der Waals surface area (Å²) in [5.74, 6) is 3.46. The van der Waals surface area contributed by atoms with Crippen LogP contribution >= 0.6 is 0 Å². The van der Waals surface area contributed by atoms with Gasteiger partial charge in [-0.15, -0.1) is 0 Å². The number of hydrogen-bond acceptors (Lipinski definition) is 10. The standard InChI is InChI=1S/C29H34N4O2.C22H28N4O2/c1-22-8-10-24(11-9-22)20-33-13-12-27(29(33)34)31-14-16-32(17-15-31)28-23(2)18-26(19-30-28)35-21-25-6-4-3-5-7-25;1-16-3-5-18(6-4-16)15-26-8-7-20(22(26)28)24-9-11-25(12-10-24)21-17(2)13-19(27)14-23-21/h3-11,18-19,27H,12-17,20-21H2,1-2H3;3-6,13-14,20,27H,7-12,15H2,1-2H3. The molecule has 330 valence electrons. The van der Waals surface area contributed by atoms with E-state index < -0.39 is 0 Å². The molecule has 12 nitrogen and oxygen atoms in total. The van der Waals surface area contributed by atoms with Crippen LogP contribution in [-0.2, 0) is 29.3 Å². The summed E-state index contributed by atoms with van der Waals surface area (Å²) < 4.78 is 5.94. The summed E-state index contributed by atoms with van der Waals surface area (Å²) in [6, 6.07) is 30.9. The summed E-state index contributed by atoms with van der Waals surface area (Å²) in [6.07, 6.45) is 5.13. The van der Waals surface area contributed by atoms with Crippen LogP contribution in [0.15, 0.2) is 103 Å². The molecule has 4 saturated heterocycles. The van der Waals surface area contributed by atoms with Crippen LogP contribution in [-0.4, -0.2) is 124 Å². The Morgan fingerprint density at radius 3 is 1.48 bits per heavy atom. The second-order valence-corrected chi connectivity index (χ2v) is 17.6. The smallest absolute Gasteiger partial charge is 0.240 e. The van der Waals surface area contributed by atoms with E-state index in [2.05, 4.69) is 112 Å². The predicted molar refractivity (Wildman–Crippen MR) is 248 cm³/mol. The third kappa shape index (κ3) is 10.8. The number of ether oxygens (including phenoxy) is 1. The summed E-state index contributed by atoms with van der Waals surface area (Å²) >= 11 is 0. The van der Waals surface area contributed by atoms with Crippen molar-refractivity contribution in [3.05, 3.63) is 142 Å². The van der Waals surface area contributed by atoms with E-state index in [4.69, 9.17) is 9.72 Å². The summed E-state index contributed by atoms with van der Waals surface area (Å²) in [4.78, 5) is 48.5. The molecule has 2 aromatic heterocycles. The number of anilines is 2. The summed E-state index contributed by atoms with van der Waals surface area (Å²) in [5, 5.41) is 9.56. The van der Waals surface area contributed by atoms with Gasteiger partial charge in [-0.1, -0.05) is 90.0 Å². The molecule has 4 aliphatic rings. The van der Waals surface area contributed by atoms with E-state index in [0.29, 0.717) is 19.7 Å².